The number of aromatic nitrogens is 4. The molecule has 0 spiro atoms. The van der Waals surface area contributed by atoms with Crippen molar-refractivity contribution in [2.45, 2.75) is 61.7 Å². The summed E-state index contributed by atoms with van der Waals surface area (Å²) in [5.41, 5.74) is 11.7. The molecule has 0 amide bonds. The van der Waals surface area contributed by atoms with Crippen LogP contribution in [0, 0.1) is 0 Å². The van der Waals surface area contributed by atoms with E-state index in [1.165, 1.54) is 17.3 Å². The fraction of sp³-hybridized carbons (Fsp3) is 0.571. The minimum atomic E-state index is -5.51. The van der Waals surface area contributed by atoms with Crippen molar-refractivity contribution in [2.24, 2.45) is 5.73 Å². The lowest BCUT2D eigenvalue weighted by Gasteiger charge is -2.29. The number of aliphatic hydroxyl groups excluding tert-OH is 4. The first-order valence-corrected chi connectivity index (χ1v) is 18.1. The molecule has 0 aromatic carbocycles. The molecule has 27 heteroatoms. The molecule has 2 fully saturated rings. The standard InChI is InChI=1S/C21H32N7O17P3/c22-17-12-19(25-7-24-17)28(8-26-12)21-16(44-46(33,34)35)14(30)11(43-21)6-41-48(38,39)45-47(36,37)40-5-10-13(29)15(31)20(42-10)27-3-1-2-9(4-27)18(23)32/h1,3-4,7-8,10-11,13-16,18,20-21,29-32H,2,5-6,23H2,(H,36,37)(H,38,39)(H2,22,24,25)(H2,33,34,35)/t10-,11-,13-,14-,15-,16-,18?,20-,21-/m1/s1. The van der Waals surface area contributed by atoms with E-state index in [2.05, 4.69) is 19.3 Å². The van der Waals surface area contributed by atoms with Crippen LogP contribution in [0.5, 0.6) is 0 Å². The smallest absolute Gasteiger partial charge is 0.387 e. The van der Waals surface area contributed by atoms with Crippen LogP contribution < -0.4 is 11.5 Å². The fourth-order valence-electron chi connectivity index (χ4n) is 4.99. The van der Waals surface area contributed by atoms with E-state index in [1.54, 1.807) is 6.08 Å². The Kier molecular flexibility index (Phi) is 10.9. The Balaban J connectivity index is 1.20. The van der Waals surface area contributed by atoms with Crippen LogP contribution >= 0.6 is 23.5 Å². The summed E-state index contributed by atoms with van der Waals surface area (Å²) in [5, 5.41) is 41.2. The van der Waals surface area contributed by atoms with E-state index < -0.39 is 92.0 Å². The van der Waals surface area contributed by atoms with Gasteiger partial charge in [-0.1, -0.05) is 6.08 Å². The zero-order valence-corrected chi connectivity index (χ0v) is 26.9. The summed E-state index contributed by atoms with van der Waals surface area (Å²) >= 11 is 0. The van der Waals surface area contributed by atoms with E-state index in [1.807, 2.05) is 0 Å². The number of hydrogen-bond donors (Lipinski definition) is 10. The highest BCUT2D eigenvalue weighted by molar-refractivity contribution is 7.61. The molecule has 3 unspecified atom stereocenters. The fourth-order valence-corrected chi connectivity index (χ4v) is 7.62. The first-order chi connectivity index (χ1) is 22.4. The van der Waals surface area contributed by atoms with Crippen molar-refractivity contribution >= 4 is 40.4 Å². The molecule has 2 aromatic heterocycles. The number of imidazole rings is 1. The van der Waals surface area contributed by atoms with Gasteiger partial charge in [0.1, 0.15) is 54.7 Å². The quantitative estimate of drug-likeness (QED) is 0.0731. The number of aliphatic hydroxyl groups is 4. The zero-order chi connectivity index (χ0) is 35.2. The Labute approximate surface area is 269 Å². The first kappa shape index (κ1) is 37.0. The van der Waals surface area contributed by atoms with Crippen LogP contribution in [0.4, 0.5) is 5.82 Å². The number of ether oxygens (including phenoxy) is 2. The summed E-state index contributed by atoms with van der Waals surface area (Å²) in [6.07, 6.45) is -7.33. The second kappa shape index (κ2) is 14.2. The Morgan fingerprint density at radius 1 is 0.938 bits per heavy atom. The molecular weight excluding hydrogens is 715 g/mol. The van der Waals surface area contributed by atoms with E-state index in [0.717, 1.165) is 17.2 Å². The minimum absolute atomic E-state index is 0.00766. The molecular formula is C21H32N7O17P3. The van der Waals surface area contributed by atoms with Crippen molar-refractivity contribution in [3.63, 3.8) is 0 Å². The monoisotopic (exact) mass is 747 g/mol. The van der Waals surface area contributed by atoms with Crippen LogP contribution in [0.1, 0.15) is 12.6 Å². The molecule has 268 valence electrons. The number of phosphoric ester groups is 3. The van der Waals surface area contributed by atoms with Gasteiger partial charge in [-0.2, -0.15) is 4.31 Å². The lowest BCUT2D eigenvalue weighted by Crippen LogP contribution is -2.40. The average Bonchev–Trinajstić information content (AvgIpc) is 3.64. The van der Waals surface area contributed by atoms with Gasteiger partial charge in [-0.05, 0) is 12.0 Å². The van der Waals surface area contributed by atoms with Crippen molar-refractivity contribution in [1.82, 2.24) is 24.4 Å². The molecule has 0 bridgehead atoms. The molecule has 2 saturated heterocycles. The van der Waals surface area contributed by atoms with Crippen LogP contribution in [-0.4, -0.2) is 127 Å². The number of allylic oxidation sites excluding steroid dienone is 1. The summed E-state index contributed by atoms with van der Waals surface area (Å²) in [5.74, 6) is -0.0539. The molecule has 12 N–H and O–H groups in total. The molecule has 3 aliphatic rings. The average molecular weight is 747 g/mol. The Hall–Kier alpha value is -2.28. The number of hydrogen-bond acceptors (Lipinski definition) is 19. The Bertz CT molecular complexity index is 1690. The van der Waals surface area contributed by atoms with Gasteiger partial charge in [0.05, 0.1) is 19.5 Å². The van der Waals surface area contributed by atoms with Gasteiger partial charge >= 0.3 is 23.5 Å². The highest BCUT2D eigenvalue weighted by Crippen LogP contribution is 2.61. The summed E-state index contributed by atoms with van der Waals surface area (Å²) < 4.78 is 67.3. The predicted octanol–water partition coefficient (Wildman–Crippen LogP) is -2.78. The summed E-state index contributed by atoms with van der Waals surface area (Å²) in [4.78, 5) is 52.0. The molecule has 0 radical (unpaired) electrons. The molecule has 2 aromatic rings. The Morgan fingerprint density at radius 2 is 1.56 bits per heavy atom. The van der Waals surface area contributed by atoms with E-state index in [9.17, 15) is 53.7 Å². The summed E-state index contributed by atoms with van der Waals surface area (Å²) in [7, 11) is -16.2. The lowest BCUT2D eigenvalue weighted by atomic mass is 10.1. The number of phosphoric acid groups is 3. The van der Waals surface area contributed by atoms with E-state index >= 15 is 0 Å². The van der Waals surface area contributed by atoms with Crippen molar-refractivity contribution in [3.8, 4) is 0 Å². The van der Waals surface area contributed by atoms with Crippen molar-refractivity contribution < 1.29 is 81.1 Å². The zero-order valence-electron chi connectivity index (χ0n) is 24.2. The van der Waals surface area contributed by atoms with Gasteiger partial charge in [0, 0.05) is 12.4 Å². The molecule has 0 aliphatic carbocycles. The lowest BCUT2D eigenvalue weighted by molar-refractivity contribution is -0.0655. The van der Waals surface area contributed by atoms with Crippen LogP contribution in [0.2, 0.25) is 0 Å². The molecule has 3 aliphatic heterocycles. The third kappa shape index (κ3) is 8.36. The van der Waals surface area contributed by atoms with Crippen molar-refractivity contribution in [1.29, 1.82) is 0 Å². The largest absolute Gasteiger partial charge is 0.481 e. The molecule has 5 rings (SSSR count). The normalized spacial score (nSPS) is 32.7. The molecule has 5 heterocycles. The molecule has 24 nitrogen and oxygen atoms in total. The van der Waals surface area contributed by atoms with Gasteiger partial charge < -0.3 is 65.8 Å². The SMILES string of the molecule is Nc1ncnc2c1ncn2[C@@H]1O[C@H](COP(=O)(O)OP(=O)(O)OC[C@H]2O[C@@H](N3C=CCC(C(N)O)=C3)[C@H](O)[C@@H]2O)[C@@H](O)[C@H]1OP(=O)(O)O. The predicted molar refractivity (Wildman–Crippen MR) is 154 cm³/mol. The summed E-state index contributed by atoms with van der Waals surface area (Å²) in [6, 6.07) is 0. The van der Waals surface area contributed by atoms with Gasteiger partial charge in [0.2, 0.25) is 0 Å². The van der Waals surface area contributed by atoms with Gasteiger partial charge in [-0.15, -0.1) is 0 Å². The van der Waals surface area contributed by atoms with Crippen LogP contribution in [0.3, 0.4) is 0 Å². The number of anilines is 1. The maximum Gasteiger partial charge on any atom is 0.481 e. The van der Waals surface area contributed by atoms with Crippen LogP contribution in [0.25, 0.3) is 11.2 Å². The van der Waals surface area contributed by atoms with Gasteiger partial charge in [-0.3, -0.25) is 18.1 Å². The van der Waals surface area contributed by atoms with Crippen LogP contribution in [0.15, 0.2) is 36.7 Å². The van der Waals surface area contributed by atoms with Gasteiger partial charge in [0.15, 0.2) is 23.9 Å². The number of nitrogens with two attached hydrogens (primary N) is 2. The van der Waals surface area contributed by atoms with E-state index in [-0.39, 0.29) is 17.0 Å². The molecule has 11 atom stereocenters. The second-order valence-electron chi connectivity index (χ2n) is 10.5. The molecule has 0 saturated carbocycles. The third-order valence-electron chi connectivity index (χ3n) is 7.20. The number of nitrogens with zero attached hydrogens (tertiary/aromatic N) is 5. The number of rotatable bonds is 13. The van der Waals surface area contributed by atoms with E-state index in [4.69, 9.17) is 34.5 Å². The maximum atomic E-state index is 12.6. The summed E-state index contributed by atoms with van der Waals surface area (Å²) in [6.45, 7) is -2.00. The van der Waals surface area contributed by atoms with Crippen LogP contribution in [-0.2, 0) is 41.1 Å². The highest BCUT2D eigenvalue weighted by atomic mass is 31.3. The van der Waals surface area contributed by atoms with Crippen molar-refractivity contribution in [2.75, 3.05) is 18.9 Å². The van der Waals surface area contributed by atoms with E-state index in [0.29, 0.717) is 12.0 Å². The molecule has 48 heavy (non-hydrogen) atoms. The number of fused-ring (bicyclic) bond motifs is 1. The highest BCUT2D eigenvalue weighted by Gasteiger charge is 2.51. The van der Waals surface area contributed by atoms with Gasteiger partial charge in [-0.25, -0.2) is 28.6 Å². The van der Waals surface area contributed by atoms with Gasteiger partial charge in [0.25, 0.3) is 0 Å². The minimum Gasteiger partial charge on any atom is -0.387 e. The second-order valence-corrected chi connectivity index (χ2v) is 14.8. The Morgan fingerprint density at radius 3 is 2.19 bits per heavy atom. The maximum absolute atomic E-state index is 12.6. The third-order valence-corrected chi connectivity index (χ3v) is 10.3. The first-order valence-electron chi connectivity index (χ1n) is 13.6. The topological polar surface area (TPSA) is 367 Å². The number of nitrogen functional groups attached to an aromatic ring is 1. The van der Waals surface area contributed by atoms with Crippen molar-refractivity contribution in [3.05, 3.63) is 36.7 Å².